The highest BCUT2D eigenvalue weighted by Gasteiger charge is 2.16. The van der Waals surface area contributed by atoms with Gasteiger partial charge in [-0.3, -0.25) is 0 Å². The Morgan fingerprint density at radius 3 is 1.93 bits per heavy atom. The molecule has 2 heterocycles. The van der Waals surface area contributed by atoms with E-state index in [9.17, 15) is 5.26 Å². The van der Waals surface area contributed by atoms with Crippen LogP contribution < -0.4 is 0 Å². The SMILES string of the molecule is [C-]#[N+]c1ccccc1-n1c2ccccc2c2cc(-c3cccc(-n4c5ccccc5c5cc(C#N)ccc54)c3)ccc21. The molecule has 0 aliphatic rings. The molecule has 0 fully saturated rings. The first-order chi connectivity index (χ1) is 20.7. The highest BCUT2D eigenvalue weighted by Crippen LogP contribution is 2.38. The molecule has 6 aromatic carbocycles. The van der Waals surface area contributed by atoms with E-state index in [1.807, 2.05) is 54.6 Å². The molecule has 4 heteroatoms. The van der Waals surface area contributed by atoms with Crippen molar-refractivity contribution in [1.29, 1.82) is 5.26 Å². The van der Waals surface area contributed by atoms with Crippen LogP contribution in [0.1, 0.15) is 5.56 Å². The van der Waals surface area contributed by atoms with Crippen LogP contribution in [0.3, 0.4) is 0 Å². The van der Waals surface area contributed by atoms with E-state index in [1.54, 1.807) is 0 Å². The van der Waals surface area contributed by atoms with Crippen molar-refractivity contribution in [3.63, 3.8) is 0 Å². The van der Waals surface area contributed by atoms with Crippen LogP contribution in [0.2, 0.25) is 0 Å². The molecule has 0 N–H and O–H groups in total. The van der Waals surface area contributed by atoms with Crippen LogP contribution >= 0.6 is 0 Å². The summed E-state index contributed by atoms with van der Waals surface area (Å²) < 4.78 is 4.48. The van der Waals surface area contributed by atoms with Crippen LogP contribution in [0.15, 0.2) is 133 Å². The van der Waals surface area contributed by atoms with Gasteiger partial charge >= 0.3 is 0 Å². The number of para-hydroxylation sites is 4. The van der Waals surface area contributed by atoms with Gasteiger partial charge < -0.3 is 9.13 Å². The Labute approximate surface area is 242 Å². The molecule has 0 radical (unpaired) electrons. The fourth-order valence-corrected chi connectivity index (χ4v) is 6.30. The summed E-state index contributed by atoms with van der Waals surface area (Å²) in [6, 6.07) is 48.0. The van der Waals surface area contributed by atoms with Gasteiger partial charge in [0.05, 0.1) is 46.0 Å². The molecule has 0 atom stereocenters. The van der Waals surface area contributed by atoms with Gasteiger partial charge in [0.2, 0.25) is 5.69 Å². The van der Waals surface area contributed by atoms with Crippen molar-refractivity contribution in [3.05, 3.63) is 150 Å². The number of hydrogen-bond donors (Lipinski definition) is 0. The van der Waals surface area contributed by atoms with Crippen LogP contribution in [0.5, 0.6) is 0 Å². The summed E-state index contributed by atoms with van der Waals surface area (Å²) in [5, 5.41) is 14.0. The third-order valence-corrected chi connectivity index (χ3v) is 8.16. The van der Waals surface area contributed by atoms with E-state index in [0.717, 1.165) is 66.1 Å². The quantitative estimate of drug-likeness (QED) is 0.208. The number of hydrogen-bond acceptors (Lipinski definition) is 1. The molecule has 42 heavy (non-hydrogen) atoms. The molecule has 194 valence electrons. The molecule has 0 aliphatic heterocycles. The van der Waals surface area contributed by atoms with Crippen LogP contribution in [0, 0.1) is 17.9 Å². The number of fused-ring (bicyclic) bond motifs is 6. The largest absolute Gasteiger partial charge is 0.319 e. The van der Waals surface area contributed by atoms with Gasteiger partial charge in [-0.2, -0.15) is 5.26 Å². The van der Waals surface area contributed by atoms with Gasteiger partial charge in [0.25, 0.3) is 0 Å². The zero-order valence-electron chi connectivity index (χ0n) is 22.5. The predicted octanol–water partition coefficient (Wildman–Crippen LogP) is 9.97. The Bertz CT molecular complexity index is 2440. The number of rotatable bonds is 3. The molecule has 0 spiro atoms. The highest BCUT2D eigenvalue weighted by molar-refractivity contribution is 6.11. The second-order valence-electron chi connectivity index (χ2n) is 10.4. The lowest BCUT2D eigenvalue weighted by atomic mass is 10.0. The predicted molar refractivity (Wildman–Crippen MR) is 172 cm³/mol. The summed E-state index contributed by atoms with van der Waals surface area (Å²) >= 11 is 0. The van der Waals surface area contributed by atoms with E-state index in [0.29, 0.717) is 11.3 Å². The summed E-state index contributed by atoms with van der Waals surface area (Å²) in [6.45, 7) is 7.75. The van der Waals surface area contributed by atoms with Gasteiger partial charge in [-0.15, -0.1) is 0 Å². The molecule has 2 aromatic heterocycles. The van der Waals surface area contributed by atoms with Gasteiger partial charge in [0, 0.05) is 27.2 Å². The fraction of sp³-hybridized carbons (Fsp3) is 0. The maximum Gasteiger partial charge on any atom is 0.210 e. The maximum absolute atomic E-state index is 9.52. The standard InChI is InChI=1S/C38H22N4/c1-40-33-13-4-7-16-38(33)42-35-15-6-3-12-30(35)32-23-27(18-20-37(32)42)26-9-8-10-28(22-26)41-34-14-5-2-11-29(34)31-21-25(24-39)17-19-36(31)41/h2-23H. The van der Waals surface area contributed by atoms with E-state index < -0.39 is 0 Å². The topological polar surface area (TPSA) is 38.0 Å². The van der Waals surface area contributed by atoms with E-state index in [1.165, 1.54) is 0 Å². The van der Waals surface area contributed by atoms with Crippen LogP contribution in [0.25, 0.3) is 71.0 Å². The van der Waals surface area contributed by atoms with Crippen molar-refractivity contribution < 1.29 is 0 Å². The maximum atomic E-state index is 9.52. The lowest BCUT2D eigenvalue weighted by molar-refractivity contribution is 1.18. The van der Waals surface area contributed by atoms with Gasteiger partial charge in [0.15, 0.2) is 0 Å². The van der Waals surface area contributed by atoms with Gasteiger partial charge in [-0.05, 0) is 71.8 Å². The molecule has 0 unspecified atom stereocenters. The molecule has 0 saturated heterocycles. The van der Waals surface area contributed by atoms with Crippen molar-refractivity contribution in [1.82, 2.24) is 9.13 Å². The first-order valence-corrected chi connectivity index (χ1v) is 13.8. The molecular weight excluding hydrogens is 512 g/mol. The minimum atomic E-state index is 0.630. The third kappa shape index (κ3) is 3.47. The van der Waals surface area contributed by atoms with E-state index in [-0.39, 0.29) is 0 Å². The van der Waals surface area contributed by atoms with E-state index in [4.69, 9.17) is 6.57 Å². The summed E-state index contributed by atoms with van der Waals surface area (Å²) in [4.78, 5) is 3.80. The summed E-state index contributed by atoms with van der Waals surface area (Å²) in [6.07, 6.45) is 0. The Hall–Kier alpha value is -6.10. The van der Waals surface area contributed by atoms with Gasteiger partial charge in [0.1, 0.15) is 0 Å². The molecule has 0 saturated carbocycles. The smallest absolute Gasteiger partial charge is 0.210 e. The molecule has 0 aliphatic carbocycles. The monoisotopic (exact) mass is 534 g/mol. The normalized spacial score (nSPS) is 11.3. The molecule has 8 rings (SSSR count). The highest BCUT2D eigenvalue weighted by atomic mass is 15.0. The van der Waals surface area contributed by atoms with E-state index in [2.05, 4.69) is 98.9 Å². The zero-order chi connectivity index (χ0) is 28.2. The molecule has 4 nitrogen and oxygen atoms in total. The second kappa shape index (κ2) is 9.24. The fourth-order valence-electron chi connectivity index (χ4n) is 6.30. The molecular formula is C38H22N4. The Balaban J connectivity index is 1.34. The lowest BCUT2D eigenvalue weighted by Gasteiger charge is -2.12. The minimum Gasteiger partial charge on any atom is -0.319 e. The molecule has 0 bridgehead atoms. The van der Waals surface area contributed by atoms with Crippen molar-refractivity contribution in [3.8, 4) is 28.6 Å². The van der Waals surface area contributed by atoms with E-state index >= 15 is 0 Å². The first kappa shape index (κ1) is 23.8. The lowest BCUT2D eigenvalue weighted by Crippen LogP contribution is -1.95. The van der Waals surface area contributed by atoms with Gasteiger partial charge in [-0.1, -0.05) is 72.8 Å². The Morgan fingerprint density at radius 2 is 1.14 bits per heavy atom. The number of aromatic nitrogens is 2. The van der Waals surface area contributed by atoms with Crippen LogP contribution in [0.4, 0.5) is 5.69 Å². The number of nitriles is 1. The van der Waals surface area contributed by atoms with Crippen LogP contribution in [-0.4, -0.2) is 9.13 Å². The number of benzene rings is 6. The summed E-state index contributed by atoms with van der Waals surface area (Å²) in [5.41, 5.74) is 9.82. The van der Waals surface area contributed by atoms with Crippen molar-refractivity contribution in [2.24, 2.45) is 0 Å². The number of nitrogens with zero attached hydrogens (tertiary/aromatic N) is 4. The third-order valence-electron chi connectivity index (χ3n) is 8.16. The Morgan fingerprint density at radius 1 is 0.524 bits per heavy atom. The molecule has 0 amide bonds. The van der Waals surface area contributed by atoms with Gasteiger partial charge in [-0.25, -0.2) is 4.85 Å². The average Bonchev–Trinajstić information content (AvgIpc) is 3.57. The Kier molecular flexibility index (Phi) is 5.22. The average molecular weight is 535 g/mol. The summed E-state index contributed by atoms with van der Waals surface area (Å²) in [5.74, 6) is 0. The summed E-state index contributed by atoms with van der Waals surface area (Å²) in [7, 11) is 0. The van der Waals surface area contributed by atoms with Crippen LogP contribution in [-0.2, 0) is 0 Å². The second-order valence-corrected chi connectivity index (χ2v) is 10.4. The zero-order valence-corrected chi connectivity index (χ0v) is 22.5. The van der Waals surface area contributed by atoms with Crippen molar-refractivity contribution in [2.45, 2.75) is 0 Å². The first-order valence-electron chi connectivity index (χ1n) is 13.8. The van der Waals surface area contributed by atoms with Crippen molar-refractivity contribution in [2.75, 3.05) is 0 Å². The minimum absolute atomic E-state index is 0.630. The molecule has 8 aromatic rings. The van der Waals surface area contributed by atoms with Crippen molar-refractivity contribution >= 4 is 49.3 Å².